The van der Waals surface area contributed by atoms with Crippen molar-refractivity contribution in [2.75, 3.05) is 11.9 Å². The van der Waals surface area contributed by atoms with E-state index >= 15 is 0 Å². The fourth-order valence-electron chi connectivity index (χ4n) is 3.12. The molecule has 0 saturated heterocycles. The number of aryl methyl sites for hydroxylation is 1. The Morgan fingerprint density at radius 3 is 2.70 bits per heavy atom. The average molecular weight is 355 g/mol. The third-order valence-electron chi connectivity index (χ3n) is 4.66. The molecule has 0 spiro atoms. The van der Waals surface area contributed by atoms with Crippen LogP contribution in [0.15, 0.2) is 67.3 Å². The number of anilines is 1. The first-order valence-corrected chi connectivity index (χ1v) is 9.03. The normalized spacial score (nSPS) is 12.1. The van der Waals surface area contributed by atoms with Crippen LogP contribution in [0.5, 0.6) is 0 Å². The fraction of sp³-hybridized carbons (Fsp3) is 0.182. The zero-order chi connectivity index (χ0) is 18.6. The first-order valence-electron chi connectivity index (χ1n) is 9.03. The van der Waals surface area contributed by atoms with Gasteiger partial charge in [-0.2, -0.15) is 0 Å². The molecule has 0 radical (unpaired) electrons. The molecule has 0 aliphatic carbocycles. The van der Waals surface area contributed by atoms with Gasteiger partial charge in [-0.1, -0.05) is 31.2 Å². The fourth-order valence-corrected chi connectivity index (χ4v) is 3.12. The summed E-state index contributed by atoms with van der Waals surface area (Å²) < 4.78 is 0. The van der Waals surface area contributed by atoms with Gasteiger partial charge in [0.15, 0.2) is 0 Å². The lowest BCUT2D eigenvalue weighted by molar-refractivity contribution is 0.806. The maximum Gasteiger partial charge on any atom is 0.129 e. The zero-order valence-electron chi connectivity index (χ0n) is 15.4. The molecular formula is C22H21N5. The molecule has 0 fully saturated rings. The molecule has 0 aliphatic heterocycles. The summed E-state index contributed by atoms with van der Waals surface area (Å²) in [6.45, 7) is 4.93. The van der Waals surface area contributed by atoms with Crippen LogP contribution < -0.4 is 5.32 Å². The third kappa shape index (κ3) is 3.77. The van der Waals surface area contributed by atoms with Crippen LogP contribution in [0.3, 0.4) is 0 Å². The van der Waals surface area contributed by atoms with Gasteiger partial charge in [0.2, 0.25) is 0 Å². The first-order chi connectivity index (χ1) is 13.2. The van der Waals surface area contributed by atoms with E-state index in [1.54, 1.807) is 6.33 Å². The van der Waals surface area contributed by atoms with Crippen molar-refractivity contribution in [2.45, 2.75) is 19.8 Å². The number of fused-ring (bicyclic) bond motifs is 1. The van der Waals surface area contributed by atoms with Crippen molar-refractivity contribution in [2.24, 2.45) is 0 Å². The van der Waals surface area contributed by atoms with Gasteiger partial charge in [-0.25, -0.2) is 9.97 Å². The minimum Gasteiger partial charge on any atom is -0.369 e. The Morgan fingerprint density at radius 1 is 0.963 bits per heavy atom. The summed E-state index contributed by atoms with van der Waals surface area (Å²) in [6.07, 6.45) is 5.27. The van der Waals surface area contributed by atoms with Crippen LogP contribution in [0.1, 0.15) is 24.1 Å². The molecule has 27 heavy (non-hydrogen) atoms. The van der Waals surface area contributed by atoms with E-state index < -0.39 is 0 Å². The number of hydrogen-bond acceptors (Lipinski definition) is 5. The molecule has 1 N–H and O–H groups in total. The van der Waals surface area contributed by atoms with Gasteiger partial charge >= 0.3 is 0 Å². The number of benzene rings is 1. The van der Waals surface area contributed by atoms with Crippen LogP contribution in [0.2, 0.25) is 0 Å². The Balaban J connectivity index is 1.51. The Bertz CT molecular complexity index is 1050. The maximum absolute atomic E-state index is 4.56. The summed E-state index contributed by atoms with van der Waals surface area (Å²) in [5.41, 5.74) is 5.13. The lowest BCUT2D eigenvalue weighted by atomic mass is 9.98. The summed E-state index contributed by atoms with van der Waals surface area (Å²) in [5.74, 6) is 1.10. The number of hydrogen-bond donors (Lipinski definition) is 1. The molecule has 134 valence electrons. The second-order valence-electron chi connectivity index (χ2n) is 6.68. The number of para-hydroxylation sites is 1. The summed E-state index contributed by atoms with van der Waals surface area (Å²) in [7, 11) is 0. The molecule has 3 heterocycles. The highest BCUT2D eigenvalue weighted by molar-refractivity contribution is 5.82. The largest absolute Gasteiger partial charge is 0.369 e. The van der Waals surface area contributed by atoms with Gasteiger partial charge in [0.05, 0.1) is 11.2 Å². The standard InChI is InChI=1S/C22H21N5/c1-15(19-7-3-5-17-6-4-10-23-22(17)19)12-25-21-11-20(26-14-27-21)18-9-8-16(2)24-13-18/h3-11,13-15H,12H2,1-2H3,(H,25,26,27). The molecule has 5 nitrogen and oxygen atoms in total. The molecule has 1 aromatic carbocycles. The number of nitrogens with zero attached hydrogens (tertiary/aromatic N) is 4. The summed E-state index contributed by atoms with van der Waals surface area (Å²) >= 11 is 0. The van der Waals surface area contributed by atoms with Crippen LogP contribution >= 0.6 is 0 Å². The quantitative estimate of drug-likeness (QED) is 0.566. The highest BCUT2D eigenvalue weighted by atomic mass is 15.0. The van der Waals surface area contributed by atoms with Crippen LogP contribution in [0.4, 0.5) is 5.82 Å². The van der Waals surface area contributed by atoms with E-state index in [0.29, 0.717) is 5.92 Å². The van der Waals surface area contributed by atoms with Crippen molar-refractivity contribution in [1.82, 2.24) is 19.9 Å². The van der Waals surface area contributed by atoms with Crippen LogP contribution in [0, 0.1) is 6.92 Å². The van der Waals surface area contributed by atoms with Gasteiger partial charge in [-0.3, -0.25) is 9.97 Å². The van der Waals surface area contributed by atoms with Gasteiger partial charge in [0.1, 0.15) is 12.1 Å². The number of aromatic nitrogens is 4. The highest BCUT2D eigenvalue weighted by Crippen LogP contribution is 2.24. The van der Waals surface area contributed by atoms with Crippen molar-refractivity contribution in [1.29, 1.82) is 0 Å². The Labute approximate surface area is 158 Å². The van der Waals surface area contributed by atoms with E-state index in [-0.39, 0.29) is 0 Å². The topological polar surface area (TPSA) is 63.6 Å². The molecule has 1 atom stereocenters. The molecule has 0 bridgehead atoms. The van der Waals surface area contributed by atoms with Gasteiger partial charge < -0.3 is 5.32 Å². The SMILES string of the molecule is Cc1ccc(-c2cc(NCC(C)c3cccc4cccnc34)ncn2)cn1. The highest BCUT2D eigenvalue weighted by Gasteiger charge is 2.11. The van der Waals surface area contributed by atoms with E-state index in [1.807, 2.05) is 43.6 Å². The number of nitrogens with one attached hydrogen (secondary N) is 1. The van der Waals surface area contributed by atoms with E-state index in [2.05, 4.69) is 56.4 Å². The van der Waals surface area contributed by atoms with Crippen LogP contribution in [-0.4, -0.2) is 26.5 Å². The molecule has 0 saturated carbocycles. The van der Waals surface area contributed by atoms with E-state index in [1.165, 1.54) is 5.56 Å². The molecule has 5 heteroatoms. The average Bonchev–Trinajstić information content (AvgIpc) is 2.72. The second-order valence-corrected chi connectivity index (χ2v) is 6.68. The summed E-state index contributed by atoms with van der Waals surface area (Å²) in [6, 6.07) is 16.4. The minimum absolute atomic E-state index is 0.294. The lowest BCUT2D eigenvalue weighted by Gasteiger charge is -2.15. The molecule has 4 rings (SSSR count). The smallest absolute Gasteiger partial charge is 0.129 e. The van der Waals surface area contributed by atoms with Gasteiger partial charge in [-0.15, -0.1) is 0 Å². The van der Waals surface area contributed by atoms with Gasteiger partial charge in [0.25, 0.3) is 0 Å². The summed E-state index contributed by atoms with van der Waals surface area (Å²) in [4.78, 5) is 17.6. The van der Waals surface area contributed by atoms with Crippen molar-refractivity contribution >= 4 is 16.7 Å². The summed E-state index contributed by atoms with van der Waals surface area (Å²) in [5, 5.41) is 4.59. The lowest BCUT2D eigenvalue weighted by Crippen LogP contribution is -2.11. The van der Waals surface area contributed by atoms with Crippen LogP contribution in [0.25, 0.3) is 22.2 Å². The molecule has 1 unspecified atom stereocenters. The predicted molar refractivity (Wildman–Crippen MR) is 109 cm³/mol. The molecule has 4 aromatic rings. The second kappa shape index (κ2) is 7.50. The van der Waals surface area contributed by atoms with Crippen molar-refractivity contribution in [3.05, 3.63) is 78.5 Å². The zero-order valence-corrected chi connectivity index (χ0v) is 15.4. The van der Waals surface area contributed by atoms with Crippen molar-refractivity contribution < 1.29 is 0 Å². The molecule has 3 aromatic heterocycles. The third-order valence-corrected chi connectivity index (χ3v) is 4.66. The number of pyridine rings is 2. The van der Waals surface area contributed by atoms with E-state index in [0.717, 1.165) is 40.2 Å². The van der Waals surface area contributed by atoms with Crippen molar-refractivity contribution in [3.8, 4) is 11.3 Å². The van der Waals surface area contributed by atoms with Crippen LogP contribution in [-0.2, 0) is 0 Å². The molecule has 0 aliphatic rings. The Hall–Kier alpha value is -3.34. The maximum atomic E-state index is 4.56. The molecule has 0 amide bonds. The number of rotatable bonds is 5. The first kappa shape index (κ1) is 17.1. The predicted octanol–water partition coefficient (Wildman–Crippen LogP) is 4.61. The molecular weight excluding hydrogens is 334 g/mol. The van der Waals surface area contributed by atoms with E-state index in [9.17, 15) is 0 Å². The van der Waals surface area contributed by atoms with Gasteiger partial charge in [0, 0.05) is 47.6 Å². The van der Waals surface area contributed by atoms with Crippen molar-refractivity contribution in [3.63, 3.8) is 0 Å². The Morgan fingerprint density at radius 2 is 1.85 bits per heavy atom. The van der Waals surface area contributed by atoms with E-state index in [4.69, 9.17) is 0 Å². The minimum atomic E-state index is 0.294. The van der Waals surface area contributed by atoms with Gasteiger partial charge in [-0.05, 0) is 30.7 Å². The monoisotopic (exact) mass is 355 g/mol. The Kier molecular flexibility index (Phi) is 4.75.